The van der Waals surface area contributed by atoms with Crippen LogP contribution in [0.4, 0.5) is 0 Å². The molecule has 0 aliphatic rings. The maximum absolute atomic E-state index is 9.29. The third kappa shape index (κ3) is 1.97. The van der Waals surface area contributed by atoms with Crippen molar-refractivity contribution in [2.75, 3.05) is 0 Å². The van der Waals surface area contributed by atoms with Gasteiger partial charge in [-0.25, -0.2) is 0 Å². The average molecular weight is 216 g/mol. The molecule has 0 aromatic carbocycles. The minimum absolute atomic E-state index is 0.0873. The van der Waals surface area contributed by atoms with Crippen molar-refractivity contribution in [2.24, 2.45) is 0 Å². The highest BCUT2D eigenvalue weighted by Gasteiger charge is 2.14. The first-order valence-corrected chi connectivity index (χ1v) is 5.26. The summed E-state index contributed by atoms with van der Waals surface area (Å²) >= 11 is 1.52. The van der Waals surface area contributed by atoms with Gasteiger partial charge in [0.2, 0.25) is 0 Å². The molecule has 74 valence electrons. The van der Waals surface area contributed by atoms with Gasteiger partial charge in [0, 0.05) is 11.1 Å². The summed E-state index contributed by atoms with van der Waals surface area (Å²) in [6, 6.07) is 7.59. The molecular weight excluding hydrogens is 208 g/mol. The quantitative estimate of drug-likeness (QED) is 0.839. The minimum Gasteiger partial charge on any atom is -0.506 e. The monoisotopic (exact) mass is 216 g/mol. The number of rotatable bonds is 2. The molecule has 2 heterocycles. The van der Waals surface area contributed by atoms with E-state index in [1.54, 1.807) is 12.3 Å². The lowest BCUT2D eigenvalue weighted by Crippen LogP contribution is -1.95. The predicted molar refractivity (Wildman–Crippen MR) is 57.7 cm³/mol. The molecule has 2 aromatic rings. The Hall–Kier alpha value is -1.86. The average Bonchev–Trinajstić information content (AvgIpc) is 2.72. The maximum Gasteiger partial charge on any atom is 0.134 e. The van der Waals surface area contributed by atoms with Gasteiger partial charge in [0.1, 0.15) is 11.7 Å². The van der Waals surface area contributed by atoms with Gasteiger partial charge in [-0.3, -0.25) is 4.98 Å². The number of thiophene rings is 1. The van der Waals surface area contributed by atoms with E-state index in [0.29, 0.717) is 0 Å². The van der Waals surface area contributed by atoms with Crippen molar-refractivity contribution in [1.82, 2.24) is 4.98 Å². The van der Waals surface area contributed by atoms with Gasteiger partial charge < -0.3 is 5.11 Å². The second-order valence-electron chi connectivity index (χ2n) is 3.05. The summed E-state index contributed by atoms with van der Waals surface area (Å²) in [4.78, 5) is 4.83. The molecule has 4 heteroatoms. The van der Waals surface area contributed by atoms with E-state index in [-0.39, 0.29) is 11.7 Å². The Balaban J connectivity index is 2.41. The number of nitrogens with zero attached hydrogens (tertiary/aromatic N) is 2. The van der Waals surface area contributed by atoms with E-state index in [9.17, 15) is 5.11 Å². The number of hydrogen-bond acceptors (Lipinski definition) is 4. The van der Waals surface area contributed by atoms with Gasteiger partial charge in [0.25, 0.3) is 0 Å². The van der Waals surface area contributed by atoms with Crippen LogP contribution < -0.4 is 0 Å². The molecule has 0 bridgehead atoms. The fraction of sp³-hybridized carbons (Fsp3) is 0.0909. The van der Waals surface area contributed by atoms with Crippen LogP contribution in [-0.2, 0) is 0 Å². The highest BCUT2D eigenvalue weighted by atomic mass is 32.1. The van der Waals surface area contributed by atoms with Gasteiger partial charge in [0.15, 0.2) is 0 Å². The number of hydrogen-bond donors (Lipinski definition) is 1. The van der Waals surface area contributed by atoms with Crippen molar-refractivity contribution >= 4 is 11.3 Å². The van der Waals surface area contributed by atoms with E-state index in [4.69, 9.17) is 5.26 Å². The zero-order valence-corrected chi connectivity index (χ0v) is 8.61. The molecule has 3 nitrogen and oxygen atoms in total. The number of aromatic hydroxyl groups is 1. The summed E-state index contributed by atoms with van der Waals surface area (Å²) in [5, 5.41) is 20.3. The van der Waals surface area contributed by atoms with Crippen LogP contribution in [0, 0.1) is 11.3 Å². The minimum atomic E-state index is -0.343. The topological polar surface area (TPSA) is 56.9 Å². The molecule has 1 unspecified atom stereocenters. The normalized spacial score (nSPS) is 11.9. The standard InChI is InChI=1S/C11H8N2OS/c12-5-10(11-2-1-3-15-11)8-4-9(14)7-13-6-8/h1-4,6-7,10,14H. The predicted octanol–water partition coefficient (Wildman–Crippen LogP) is 2.50. The SMILES string of the molecule is N#CC(c1cncc(O)c1)c1cccs1. The van der Waals surface area contributed by atoms with Crippen LogP contribution in [0.25, 0.3) is 0 Å². The fourth-order valence-electron chi connectivity index (χ4n) is 1.36. The summed E-state index contributed by atoms with van der Waals surface area (Å²) in [5.41, 5.74) is 0.722. The summed E-state index contributed by atoms with van der Waals surface area (Å²) in [6.07, 6.45) is 2.96. The van der Waals surface area contributed by atoms with E-state index < -0.39 is 0 Å². The Morgan fingerprint density at radius 2 is 2.33 bits per heavy atom. The van der Waals surface area contributed by atoms with E-state index >= 15 is 0 Å². The van der Waals surface area contributed by atoms with Crippen molar-refractivity contribution in [3.05, 3.63) is 46.4 Å². The van der Waals surface area contributed by atoms with E-state index in [2.05, 4.69) is 11.1 Å². The lowest BCUT2D eigenvalue weighted by atomic mass is 10.0. The molecule has 0 aliphatic heterocycles. The molecule has 0 radical (unpaired) electrons. The molecule has 0 amide bonds. The second kappa shape index (κ2) is 4.11. The van der Waals surface area contributed by atoms with Gasteiger partial charge >= 0.3 is 0 Å². The highest BCUT2D eigenvalue weighted by molar-refractivity contribution is 7.10. The van der Waals surface area contributed by atoms with Gasteiger partial charge in [-0.2, -0.15) is 5.26 Å². The van der Waals surface area contributed by atoms with Crippen molar-refractivity contribution in [3.8, 4) is 11.8 Å². The summed E-state index contributed by atoms with van der Waals surface area (Å²) in [5.74, 6) is -0.256. The molecule has 0 aliphatic carbocycles. The molecule has 0 spiro atoms. The van der Waals surface area contributed by atoms with Crippen molar-refractivity contribution in [2.45, 2.75) is 5.92 Å². The van der Waals surface area contributed by atoms with Crippen LogP contribution in [0.3, 0.4) is 0 Å². The third-order valence-electron chi connectivity index (χ3n) is 2.04. The number of nitriles is 1. The first-order valence-electron chi connectivity index (χ1n) is 4.38. The zero-order chi connectivity index (χ0) is 10.7. The van der Waals surface area contributed by atoms with Crippen molar-refractivity contribution in [3.63, 3.8) is 0 Å². The fourth-order valence-corrected chi connectivity index (χ4v) is 2.16. The van der Waals surface area contributed by atoms with Crippen LogP contribution in [-0.4, -0.2) is 10.1 Å². The van der Waals surface area contributed by atoms with Gasteiger partial charge in [-0.05, 0) is 23.1 Å². The Morgan fingerprint density at radius 3 is 2.93 bits per heavy atom. The zero-order valence-electron chi connectivity index (χ0n) is 7.79. The van der Waals surface area contributed by atoms with Crippen LogP contribution in [0.5, 0.6) is 5.75 Å². The molecule has 0 saturated carbocycles. The molecular formula is C11H8N2OS. The Labute approximate surface area is 91.3 Å². The van der Waals surface area contributed by atoms with Crippen LogP contribution in [0.15, 0.2) is 36.0 Å². The summed E-state index contributed by atoms with van der Waals surface area (Å²) < 4.78 is 0. The molecule has 0 fully saturated rings. The third-order valence-corrected chi connectivity index (χ3v) is 2.97. The lowest BCUT2D eigenvalue weighted by molar-refractivity contribution is 0.471. The van der Waals surface area contributed by atoms with Crippen LogP contribution in [0.2, 0.25) is 0 Å². The van der Waals surface area contributed by atoms with Crippen molar-refractivity contribution in [1.29, 1.82) is 5.26 Å². The van der Waals surface area contributed by atoms with Crippen LogP contribution in [0.1, 0.15) is 16.4 Å². The largest absolute Gasteiger partial charge is 0.506 e. The molecule has 0 saturated heterocycles. The van der Waals surface area contributed by atoms with Crippen LogP contribution >= 0.6 is 11.3 Å². The van der Waals surface area contributed by atoms with Gasteiger partial charge in [-0.15, -0.1) is 11.3 Å². The van der Waals surface area contributed by atoms with Crippen molar-refractivity contribution < 1.29 is 5.11 Å². The molecule has 1 atom stereocenters. The first kappa shape index (κ1) is 9.69. The smallest absolute Gasteiger partial charge is 0.134 e. The molecule has 2 rings (SSSR count). The van der Waals surface area contributed by atoms with E-state index in [1.165, 1.54) is 17.5 Å². The maximum atomic E-state index is 9.29. The highest BCUT2D eigenvalue weighted by Crippen LogP contribution is 2.28. The molecule has 2 aromatic heterocycles. The lowest BCUT2D eigenvalue weighted by Gasteiger charge is -2.06. The molecule has 1 N–H and O–H groups in total. The number of aromatic nitrogens is 1. The second-order valence-corrected chi connectivity index (χ2v) is 4.03. The van der Waals surface area contributed by atoms with Gasteiger partial charge in [-0.1, -0.05) is 6.07 Å². The first-order chi connectivity index (χ1) is 7.31. The Bertz CT molecular complexity index is 488. The summed E-state index contributed by atoms with van der Waals surface area (Å²) in [6.45, 7) is 0. The summed E-state index contributed by atoms with van der Waals surface area (Å²) in [7, 11) is 0. The molecule has 15 heavy (non-hydrogen) atoms. The Kier molecular flexibility index (Phi) is 2.66. The van der Waals surface area contributed by atoms with E-state index in [1.807, 2.05) is 17.5 Å². The number of pyridine rings is 1. The van der Waals surface area contributed by atoms with Gasteiger partial charge in [0.05, 0.1) is 12.3 Å². The van der Waals surface area contributed by atoms with E-state index in [0.717, 1.165) is 10.4 Å². The Morgan fingerprint density at radius 1 is 1.47 bits per heavy atom.